The lowest BCUT2D eigenvalue weighted by molar-refractivity contribution is -0.121. The molecule has 3 heteroatoms. The molecule has 0 saturated heterocycles. The molecule has 0 radical (unpaired) electrons. The SMILES string of the molecule is C/C=N/NC(=O)CCc1ccccc1. The normalized spacial score (nSPS) is 10.4. The second-order valence-electron chi connectivity index (χ2n) is 2.91. The molecule has 0 spiro atoms. The van der Waals surface area contributed by atoms with Crippen LogP contribution in [0.25, 0.3) is 0 Å². The fourth-order valence-electron chi connectivity index (χ4n) is 1.09. The predicted octanol–water partition coefficient (Wildman–Crippen LogP) is 1.74. The summed E-state index contributed by atoms with van der Waals surface area (Å²) in [5.74, 6) is -0.0491. The van der Waals surface area contributed by atoms with Crippen LogP contribution < -0.4 is 5.43 Å². The van der Waals surface area contributed by atoms with Gasteiger partial charge in [-0.2, -0.15) is 5.10 Å². The molecule has 0 aliphatic carbocycles. The molecule has 0 aliphatic rings. The summed E-state index contributed by atoms with van der Waals surface area (Å²) in [6, 6.07) is 9.92. The Bertz CT molecular complexity index is 306. The second-order valence-corrected chi connectivity index (χ2v) is 2.91. The standard InChI is InChI=1S/C11H14N2O/c1-2-12-13-11(14)9-8-10-6-4-3-5-7-10/h2-7H,8-9H2,1H3,(H,13,14)/b12-2+. The number of carbonyl (C=O) groups excluding carboxylic acids is 1. The number of hydrogen-bond acceptors (Lipinski definition) is 2. The van der Waals surface area contributed by atoms with Crippen LogP contribution in [-0.2, 0) is 11.2 Å². The number of rotatable bonds is 4. The Morgan fingerprint density at radius 3 is 2.79 bits per heavy atom. The van der Waals surface area contributed by atoms with Gasteiger partial charge in [0.15, 0.2) is 0 Å². The maximum atomic E-state index is 11.2. The zero-order valence-electron chi connectivity index (χ0n) is 8.23. The number of nitrogens with zero attached hydrogens (tertiary/aromatic N) is 1. The molecule has 14 heavy (non-hydrogen) atoms. The van der Waals surface area contributed by atoms with Crippen molar-refractivity contribution in [2.45, 2.75) is 19.8 Å². The van der Waals surface area contributed by atoms with E-state index in [1.807, 2.05) is 30.3 Å². The van der Waals surface area contributed by atoms with Gasteiger partial charge in [-0.15, -0.1) is 0 Å². The van der Waals surface area contributed by atoms with Gasteiger partial charge in [-0.05, 0) is 18.9 Å². The lowest BCUT2D eigenvalue weighted by Crippen LogP contribution is -2.17. The smallest absolute Gasteiger partial charge is 0.240 e. The molecule has 1 aromatic rings. The zero-order valence-corrected chi connectivity index (χ0v) is 8.23. The maximum Gasteiger partial charge on any atom is 0.240 e. The average molecular weight is 190 g/mol. The van der Waals surface area contributed by atoms with E-state index in [2.05, 4.69) is 10.5 Å². The van der Waals surface area contributed by atoms with Gasteiger partial charge in [-0.1, -0.05) is 30.3 Å². The molecule has 1 rings (SSSR count). The molecule has 1 amide bonds. The molecule has 0 aromatic heterocycles. The van der Waals surface area contributed by atoms with E-state index in [0.717, 1.165) is 6.42 Å². The molecule has 1 N–H and O–H groups in total. The molecule has 0 saturated carbocycles. The summed E-state index contributed by atoms with van der Waals surface area (Å²) < 4.78 is 0. The summed E-state index contributed by atoms with van der Waals surface area (Å²) in [6.45, 7) is 1.76. The summed E-state index contributed by atoms with van der Waals surface area (Å²) in [5.41, 5.74) is 3.60. The van der Waals surface area contributed by atoms with Gasteiger partial charge < -0.3 is 0 Å². The van der Waals surface area contributed by atoms with Crippen LogP contribution in [0.4, 0.5) is 0 Å². The number of hydrazone groups is 1. The third kappa shape index (κ3) is 3.85. The summed E-state index contributed by atoms with van der Waals surface area (Å²) in [5, 5.41) is 3.66. The van der Waals surface area contributed by atoms with Gasteiger partial charge in [-0.3, -0.25) is 4.79 Å². The van der Waals surface area contributed by atoms with Crippen molar-refractivity contribution >= 4 is 12.1 Å². The number of carbonyl (C=O) groups is 1. The van der Waals surface area contributed by atoms with Crippen molar-refractivity contribution in [3.63, 3.8) is 0 Å². The fourth-order valence-corrected chi connectivity index (χ4v) is 1.09. The van der Waals surface area contributed by atoms with Crippen molar-refractivity contribution in [3.8, 4) is 0 Å². The van der Waals surface area contributed by atoms with E-state index < -0.39 is 0 Å². The van der Waals surface area contributed by atoms with Crippen molar-refractivity contribution in [2.24, 2.45) is 5.10 Å². The van der Waals surface area contributed by atoms with Crippen molar-refractivity contribution in [1.29, 1.82) is 0 Å². The third-order valence-electron chi connectivity index (χ3n) is 1.80. The molecule has 0 heterocycles. The monoisotopic (exact) mass is 190 g/mol. The Morgan fingerprint density at radius 2 is 2.14 bits per heavy atom. The summed E-state index contributed by atoms with van der Waals surface area (Å²) in [6.07, 6.45) is 2.79. The topological polar surface area (TPSA) is 41.5 Å². The lowest BCUT2D eigenvalue weighted by atomic mass is 10.1. The van der Waals surface area contributed by atoms with Gasteiger partial charge in [0.25, 0.3) is 0 Å². The first-order valence-corrected chi connectivity index (χ1v) is 4.63. The molecule has 3 nitrogen and oxygen atoms in total. The van der Waals surface area contributed by atoms with Crippen LogP contribution in [0.1, 0.15) is 18.9 Å². The van der Waals surface area contributed by atoms with E-state index in [9.17, 15) is 4.79 Å². The molecule has 0 unspecified atom stereocenters. The van der Waals surface area contributed by atoms with Crippen LogP contribution in [0.3, 0.4) is 0 Å². The highest BCUT2D eigenvalue weighted by atomic mass is 16.2. The Kier molecular flexibility index (Phi) is 4.41. The van der Waals surface area contributed by atoms with E-state index in [4.69, 9.17) is 0 Å². The van der Waals surface area contributed by atoms with Gasteiger partial charge in [0.2, 0.25) is 5.91 Å². The lowest BCUT2D eigenvalue weighted by Gasteiger charge is -1.99. The Morgan fingerprint density at radius 1 is 1.43 bits per heavy atom. The van der Waals surface area contributed by atoms with Crippen molar-refractivity contribution in [1.82, 2.24) is 5.43 Å². The molecular weight excluding hydrogens is 176 g/mol. The number of hydrogen-bond donors (Lipinski definition) is 1. The minimum absolute atomic E-state index is 0.0491. The first-order chi connectivity index (χ1) is 6.83. The molecule has 0 bridgehead atoms. The van der Waals surface area contributed by atoms with E-state index in [1.165, 1.54) is 5.56 Å². The van der Waals surface area contributed by atoms with E-state index in [-0.39, 0.29) is 5.91 Å². The van der Waals surface area contributed by atoms with E-state index in [0.29, 0.717) is 6.42 Å². The van der Waals surface area contributed by atoms with Gasteiger partial charge in [-0.25, -0.2) is 5.43 Å². The van der Waals surface area contributed by atoms with Crippen molar-refractivity contribution in [2.75, 3.05) is 0 Å². The van der Waals surface area contributed by atoms with E-state index in [1.54, 1.807) is 13.1 Å². The van der Waals surface area contributed by atoms with Gasteiger partial charge in [0.1, 0.15) is 0 Å². The zero-order chi connectivity index (χ0) is 10.2. The van der Waals surface area contributed by atoms with Crippen LogP contribution in [-0.4, -0.2) is 12.1 Å². The van der Waals surface area contributed by atoms with Crippen LogP contribution in [0.15, 0.2) is 35.4 Å². The van der Waals surface area contributed by atoms with Gasteiger partial charge in [0, 0.05) is 12.6 Å². The van der Waals surface area contributed by atoms with Crippen LogP contribution in [0, 0.1) is 0 Å². The molecular formula is C11H14N2O. The highest BCUT2D eigenvalue weighted by Gasteiger charge is 1.99. The second kappa shape index (κ2) is 5.91. The summed E-state index contributed by atoms with van der Waals surface area (Å²) in [7, 11) is 0. The van der Waals surface area contributed by atoms with Crippen LogP contribution >= 0.6 is 0 Å². The third-order valence-corrected chi connectivity index (χ3v) is 1.80. The highest BCUT2D eigenvalue weighted by Crippen LogP contribution is 2.01. The molecule has 0 atom stereocenters. The van der Waals surface area contributed by atoms with E-state index >= 15 is 0 Å². The number of amides is 1. The highest BCUT2D eigenvalue weighted by molar-refractivity contribution is 5.76. The van der Waals surface area contributed by atoms with Crippen molar-refractivity contribution in [3.05, 3.63) is 35.9 Å². The quantitative estimate of drug-likeness (QED) is 0.570. The molecule has 1 aromatic carbocycles. The molecule has 0 fully saturated rings. The fraction of sp³-hybridized carbons (Fsp3) is 0.273. The Balaban J connectivity index is 2.31. The summed E-state index contributed by atoms with van der Waals surface area (Å²) >= 11 is 0. The molecule has 0 aliphatic heterocycles. The predicted molar refractivity (Wildman–Crippen MR) is 57.1 cm³/mol. The summed E-state index contributed by atoms with van der Waals surface area (Å²) in [4.78, 5) is 11.2. The van der Waals surface area contributed by atoms with Gasteiger partial charge >= 0.3 is 0 Å². The van der Waals surface area contributed by atoms with Crippen LogP contribution in [0.5, 0.6) is 0 Å². The Hall–Kier alpha value is -1.64. The minimum atomic E-state index is -0.0491. The number of benzene rings is 1. The number of nitrogens with one attached hydrogen (secondary N) is 1. The van der Waals surface area contributed by atoms with Gasteiger partial charge in [0.05, 0.1) is 0 Å². The average Bonchev–Trinajstić information content (AvgIpc) is 2.25. The largest absolute Gasteiger partial charge is 0.273 e. The van der Waals surface area contributed by atoms with Crippen LogP contribution in [0.2, 0.25) is 0 Å². The first kappa shape index (κ1) is 10.4. The van der Waals surface area contributed by atoms with Crippen molar-refractivity contribution < 1.29 is 4.79 Å². The Labute approximate surface area is 83.8 Å². The maximum absolute atomic E-state index is 11.2. The molecule has 74 valence electrons. The first-order valence-electron chi connectivity index (χ1n) is 4.63. The minimum Gasteiger partial charge on any atom is -0.273 e. The number of aryl methyl sites for hydroxylation is 1.